The number of hydrogen-bond acceptors (Lipinski definition) is 5. The molecule has 7 heteroatoms. The maximum absolute atomic E-state index is 12.2. The third-order valence-corrected chi connectivity index (χ3v) is 4.74. The van der Waals surface area contributed by atoms with Gasteiger partial charge in [-0.2, -0.15) is 0 Å². The number of carbonyl (C=O) groups is 1. The van der Waals surface area contributed by atoms with Crippen molar-refractivity contribution in [2.75, 3.05) is 32.6 Å². The van der Waals surface area contributed by atoms with Crippen molar-refractivity contribution < 1.29 is 14.3 Å². The molecule has 0 saturated heterocycles. The number of fused-ring (bicyclic) bond motifs is 1. The van der Waals surface area contributed by atoms with Crippen LogP contribution in [0.15, 0.2) is 48.7 Å². The van der Waals surface area contributed by atoms with Gasteiger partial charge in [-0.1, -0.05) is 17.7 Å². The molecule has 0 aliphatic rings. The molecule has 0 aliphatic carbocycles. The van der Waals surface area contributed by atoms with Crippen LogP contribution in [0.2, 0.25) is 5.02 Å². The smallest absolute Gasteiger partial charge is 0.224 e. The summed E-state index contributed by atoms with van der Waals surface area (Å²) in [6, 6.07) is 13.1. The Morgan fingerprint density at radius 3 is 2.66 bits per heavy atom. The van der Waals surface area contributed by atoms with Crippen LogP contribution in [-0.2, 0) is 11.2 Å². The molecule has 2 aromatic carbocycles. The first-order valence-corrected chi connectivity index (χ1v) is 9.74. The van der Waals surface area contributed by atoms with Crippen molar-refractivity contribution in [2.24, 2.45) is 0 Å². The Labute approximate surface area is 175 Å². The lowest BCUT2D eigenvalue weighted by atomic mass is 10.1. The normalized spacial score (nSPS) is 10.6. The Morgan fingerprint density at radius 1 is 1.03 bits per heavy atom. The number of benzene rings is 2. The van der Waals surface area contributed by atoms with Gasteiger partial charge in [0.05, 0.1) is 26.2 Å². The molecule has 1 aromatic heterocycles. The van der Waals surface area contributed by atoms with E-state index in [1.54, 1.807) is 26.5 Å². The standard InChI is InChI=1S/C22H24ClN3O3/c1-28-20-7-4-15(12-21(20)29-2)13-22(27)26-10-3-9-24-18-8-11-25-19-14-16(23)5-6-17(18)19/h4-8,11-12,14H,3,9-10,13H2,1-2H3,(H,24,25)(H,26,27). The van der Waals surface area contributed by atoms with E-state index in [9.17, 15) is 4.79 Å². The van der Waals surface area contributed by atoms with Crippen LogP contribution in [0, 0.1) is 0 Å². The number of nitrogens with one attached hydrogen (secondary N) is 2. The molecule has 1 heterocycles. The van der Waals surface area contributed by atoms with Gasteiger partial charge in [-0.25, -0.2) is 0 Å². The highest BCUT2D eigenvalue weighted by Crippen LogP contribution is 2.27. The van der Waals surface area contributed by atoms with Gasteiger partial charge in [-0.3, -0.25) is 9.78 Å². The molecule has 152 valence electrons. The molecule has 0 aliphatic heterocycles. The molecule has 0 fully saturated rings. The molecule has 29 heavy (non-hydrogen) atoms. The van der Waals surface area contributed by atoms with Gasteiger partial charge in [0.1, 0.15) is 0 Å². The molecule has 3 rings (SSSR count). The maximum Gasteiger partial charge on any atom is 0.224 e. The van der Waals surface area contributed by atoms with Crippen molar-refractivity contribution in [3.8, 4) is 11.5 Å². The van der Waals surface area contributed by atoms with Crippen LogP contribution in [0.25, 0.3) is 10.9 Å². The van der Waals surface area contributed by atoms with Gasteiger partial charge in [-0.05, 0) is 48.4 Å². The van der Waals surface area contributed by atoms with Crippen molar-refractivity contribution in [3.05, 3.63) is 59.2 Å². The summed E-state index contributed by atoms with van der Waals surface area (Å²) >= 11 is 6.02. The van der Waals surface area contributed by atoms with Crippen molar-refractivity contribution in [3.63, 3.8) is 0 Å². The van der Waals surface area contributed by atoms with Crippen molar-refractivity contribution in [1.29, 1.82) is 0 Å². The number of aromatic nitrogens is 1. The topological polar surface area (TPSA) is 72.5 Å². The summed E-state index contributed by atoms with van der Waals surface area (Å²) in [7, 11) is 3.16. The number of nitrogens with zero attached hydrogens (tertiary/aromatic N) is 1. The zero-order valence-corrected chi connectivity index (χ0v) is 17.3. The fourth-order valence-electron chi connectivity index (χ4n) is 3.05. The molecule has 0 bridgehead atoms. The quantitative estimate of drug-likeness (QED) is 0.517. The minimum absolute atomic E-state index is 0.0266. The zero-order valence-electron chi connectivity index (χ0n) is 16.5. The van der Waals surface area contributed by atoms with Crippen LogP contribution in [0.3, 0.4) is 0 Å². The largest absolute Gasteiger partial charge is 0.493 e. The third kappa shape index (κ3) is 5.51. The van der Waals surface area contributed by atoms with E-state index in [4.69, 9.17) is 21.1 Å². The van der Waals surface area contributed by atoms with E-state index in [1.165, 1.54) is 0 Å². The number of amides is 1. The van der Waals surface area contributed by atoms with E-state index >= 15 is 0 Å². The highest BCUT2D eigenvalue weighted by Gasteiger charge is 2.08. The van der Waals surface area contributed by atoms with Crippen LogP contribution < -0.4 is 20.1 Å². The Balaban J connectivity index is 1.45. The molecule has 0 unspecified atom stereocenters. The van der Waals surface area contributed by atoms with Crippen LogP contribution in [0.4, 0.5) is 5.69 Å². The predicted octanol–water partition coefficient (Wildman–Crippen LogP) is 4.07. The Hall–Kier alpha value is -2.99. The van der Waals surface area contributed by atoms with Crippen LogP contribution in [-0.4, -0.2) is 38.2 Å². The monoisotopic (exact) mass is 413 g/mol. The third-order valence-electron chi connectivity index (χ3n) is 4.51. The van der Waals surface area contributed by atoms with E-state index < -0.39 is 0 Å². The lowest BCUT2D eigenvalue weighted by Crippen LogP contribution is -2.27. The molecule has 3 aromatic rings. The van der Waals surface area contributed by atoms with Gasteiger partial charge in [0.15, 0.2) is 11.5 Å². The fraction of sp³-hybridized carbons (Fsp3) is 0.273. The summed E-state index contributed by atoms with van der Waals surface area (Å²) in [5, 5.41) is 8.03. The van der Waals surface area contributed by atoms with Gasteiger partial charge in [0.2, 0.25) is 5.91 Å². The highest BCUT2D eigenvalue weighted by atomic mass is 35.5. The van der Waals surface area contributed by atoms with Gasteiger partial charge in [-0.15, -0.1) is 0 Å². The summed E-state index contributed by atoms with van der Waals surface area (Å²) in [4.78, 5) is 16.5. The summed E-state index contributed by atoms with van der Waals surface area (Å²) in [5.41, 5.74) is 2.73. The number of pyridine rings is 1. The lowest BCUT2D eigenvalue weighted by molar-refractivity contribution is -0.120. The fourth-order valence-corrected chi connectivity index (χ4v) is 3.22. The number of ether oxygens (including phenoxy) is 2. The Kier molecular flexibility index (Phi) is 7.14. The first kappa shape index (κ1) is 20.7. The maximum atomic E-state index is 12.2. The van der Waals surface area contributed by atoms with Crippen molar-refractivity contribution in [1.82, 2.24) is 10.3 Å². The van der Waals surface area contributed by atoms with Gasteiger partial charge < -0.3 is 20.1 Å². The average Bonchev–Trinajstić information content (AvgIpc) is 2.73. The Morgan fingerprint density at radius 2 is 1.86 bits per heavy atom. The van der Waals surface area contributed by atoms with E-state index in [1.807, 2.05) is 36.4 Å². The molecule has 0 spiro atoms. The summed E-state index contributed by atoms with van der Waals surface area (Å²) in [5.74, 6) is 1.24. The number of rotatable bonds is 9. The van der Waals surface area contributed by atoms with Gasteiger partial charge >= 0.3 is 0 Å². The highest BCUT2D eigenvalue weighted by molar-refractivity contribution is 6.31. The first-order valence-electron chi connectivity index (χ1n) is 9.36. The van der Waals surface area contributed by atoms with E-state index in [0.717, 1.165) is 35.1 Å². The van der Waals surface area contributed by atoms with E-state index in [0.29, 0.717) is 29.5 Å². The predicted molar refractivity (Wildman–Crippen MR) is 116 cm³/mol. The summed E-state index contributed by atoms with van der Waals surface area (Å²) < 4.78 is 10.5. The number of carbonyl (C=O) groups excluding carboxylic acids is 1. The second-order valence-electron chi connectivity index (χ2n) is 6.52. The first-order chi connectivity index (χ1) is 14.1. The molecule has 0 saturated carbocycles. The Bertz CT molecular complexity index is 994. The average molecular weight is 414 g/mol. The van der Waals surface area contributed by atoms with Crippen molar-refractivity contribution >= 4 is 34.1 Å². The second-order valence-corrected chi connectivity index (χ2v) is 6.95. The van der Waals surface area contributed by atoms with E-state index in [-0.39, 0.29) is 5.91 Å². The lowest BCUT2D eigenvalue weighted by Gasteiger charge is -2.11. The minimum atomic E-state index is -0.0266. The van der Waals surface area contributed by atoms with Gasteiger partial charge in [0, 0.05) is 35.4 Å². The summed E-state index contributed by atoms with van der Waals surface area (Å²) in [6.07, 6.45) is 2.85. The molecular weight excluding hydrogens is 390 g/mol. The summed E-state index contributed by atoms with van der Waals surface area (Å²) in [6.45, 7) is 1.33. The minimum Gasteiger partial charge on any atom is -0.493 e. The molecular formula is C22H24ClN3O3. The van der Waals surface area contributed by atoms with Crippen LogP contribution >= 0.6 is 11.6 Å². The van der Waals surface area contributed by atoms with E-state index in [2.05, 4.69) is 15.6 Å². The molecule has 0 atom stereocenters. The SMILES string of the molecule is COc1ccc(CC(=O)NCCCNc2ccnc3cc(Cl)ccc23)cc1OC. The van der Waals surface area contributed by atoms with Gasteiger partial charge in [0.25, 0.3) is 0 Å². The van der Waals surface area contributed by atoms with Crippen LogP contribution in [0.1, 0.15) is 12.0 Å². The van der Waals surface area contributed by atoms with Crippen molar-refractivity contribution in [2.45, 2.75) is 12.8 Å². The number of anilines is 1. The molecule has 6 nitrogen and oxygen atoms in total. The second kappa shape index (κ2) is 9.98. The molecule has 1 amide bonds. The zero-order chi connectivity index (χ0) is 20.6. The number of methoxy groups -OCH3 is 2. The van der Waals surface area contributed by atoms with Crippen LogP contribution in [0.5, 0.6) is 11.5 Å². The molecule has 0 radical (unpaired) electrons. The number of hydrogen-bond donors (Lipinski definition) is 2. The number of halogens is 1. The molecule has 2 N–H and O–H groups in total.